The van der Waals surface area contributed by atoms with Crippen LogP contribution in [0.5, 0.6) is 0 Å². The van der Waals surface area contributed by atoms with Gasteiger partial charge in [0.15, 0.2) is 0 Å². The van der Waals surface area contributed by atoms with Crippen LogP contribution in [0.1, 0.15) is 202 Å². The Labute approximate surface area is 238 Å². The summed E-state index contributed by atoms with van der Waals surface area (Å²) < 4.78 is 0. The minimum Gasteiger partial charge on any atom is -0.0648 e. The van der Waals surface area contributed by atoms with E-state index in [9.17, 15) is 0 Å². The predicted molar refractivity (Wildman–Crippen MR) is 173 cm³/mol. The molecule has 6 unspecified atom stereocenters. The monoisotopic (exact) mass is 518 g/mol. The van der Waals surface area contributed by atoms with E-state index < -0.39 is 0 Å². The van der Waals surface area contributed by atoms with Crippen molar-refractivity contribution in [3.63, 3.8) is 0 Å². The zero-order chi connectivity index (χ0) is 28.6. The van der Waals surface area contributed by atoms with Crippen LogP contribution < -0.4 is 0 Å². The molecule has 0 aliphatic carbocycles. The molecule has 0 fully saturated rings. The molecule has 6 atom stereocenters. The molecule has 0 heterocycles. The van der Waals surface area contributed by atoms with Crippen molar-refractivity contribution in [3.8, 4) is 0 Å². The lowest BCUT2D eigenvalue weighted by molar-refractivity contribution is 0.641. The maximum atomic E-state index is 2.51. The molecule has 0 heteroatoms. The van der Waals surface area contributed by atoms with E-state index in [1.807, 2.05) is 0 Å². The molecule has 0 saturated heterocycles. The SMILES string of the molecule is CCC(C)c1ccc(C(C)CC)c(C(C)CC)c1CCc1c(C(C)CC)ccc(C(C)CC)c1C(C)CC. The standard InChI is InChI=1S/C38H62/c1-13-25(7)31-19-21-33(27(9)15-3)37(29(11)17-5)35(31)23-24-36-32(26(8)14-2)20-22-34(28(10)16-4)38(36)30(12)18-6/h19-22,25-30H,13-18,23-24H2,1-12H3. The fourth-order valence-electron chi connectivity index (χ4n) is 6.44. The maximum absolute atomic E-state index is 2.51. The van der Waals surface area contributed by atoms with Gasteiger partial charge >= 0.3 is 0 Å². The molecule has 0 saturated carbocycles. The Balaban J connectivity index is 2.83. The molecule has 2 rings (SSSR count). The van der Waals surface area contributed by atoms with Crippen molar-refractivity contribution in [3.05, 3.63) is 68.8 Å². The minimum absolute atomic E-state index is 0.604. The Morgan fingerprint density at radius 2 is 0.605 bits per heavy atom. The van der Waals surface area contributed by atoms with Crippen molar-refractivity contribution in [2.24, 2.45) is 0 Å². The molecule has 2 aromatic carbocycles. The third-order valence-electron chi connectivity index (χ3n) is 10.3. The molecule has 0 aliphatic heterocycles. The molecular formula is C38H62. The van der Waals surface area contributed by atoms with Gasteiger partial charge in [-0.2, -0.15) is 0 Å². The molecule has 0 nitrogen and oxygen atoms in total. The van der Waals surface area contributed by atoms with Crippen LogP contribution in [0.4, 0.5) is 0 Å². The fraction of sp³-hybridized carbons (Fsp3) is 0.684. The highest BCUT2D eigenvalue weighted by molar-refractivity contribution is 5.50. The second-order valence-electron chi connectivity index (χ2n) is 12.6. The molecule has 214 valence electrons. The van der Waals surface area contributed by atoms with Crippen LogP contribution in [0, 0.1) is 0 Å². The highest BCUT2D eigenvalue weighted by Gasteiger charge is 2.25. The molecule has 38 heavy (non-hydrogen) atoms. The Morgan fingerprint density at radius 3 is 0.868 bits per heavy atom. The van der Waals surface area contributed by atoms with E-state index in [-0.39, 0.29) is 0 Å². The molecule has 0 amide bonds. The van der Waals surface area contributed by atoms with E-state index in [1.165, 1.54) is 51.4 Å². The normalized spacial score (nSPS) is 16.6. The van der Waals surface area contributed by atoms with Crippen LogP contribution in [-0.4, -0.2) is 0 Å². The predicted octanol–water partition coefficient (Wildman–Crippen LogP) is 12.6. The summed E-state index contributed by atoms with van der Waals surface area (Å²) in [6, 6.07) is 10.0. The van der Waals surface area contributed by atoms with Gasteiger partial charge in [-0.15, -0.1) is 0 Å². The lowest BCUT2D eigenvalue weighted by Gasteiger charge is -2.30. The summed E-state index contributed by atoms with van der Waals surface area (Å²) in [4.78, 5) is 0. The molecular weight excluding hydrogens is 456 g/mol. The van der Waals surface area contributed by atoms with Crippen molar-refractivity contribution in [1.29, 1.82) is 0 Å². The van der Waals surface area contributed by atoms with Crippen molar-refractivity contribution < 1.29 is 0 Å². The highest BCUT2D eigenvalue weighted by atomic mass is 14.3. The van der Waals surface area contributed by atoms with Crippen LogP contribution in [-0.2, 0) is 12.8 Å². The Hall–Kier alpha value is -1.56. The summed E-state index contributed by atoms with van der Waals surface area (Å²) >= 11 is 0. The molecule has 0 aliphatic rings. The maximum Gasteiger partial charge on any atom is -0.0187 e. The molecule has 0 aromatic heterocycles. The Bertz CT molecular complexity index is 914. The fourth-order valence-corrected chi connectivity index (χ4v) is 6.44. The van der Waals surface area contributed by atoms with Crippen molar-refractivity contribution >= 4 is 0 Å². The zero-order valence-electron chi connectivity index (χ0n) is 27.4. The average Bonchev–Trinajstić information content (AvgIpc) is 2.96. The van der Waals surface area contributed by atoms with Crippen LogP contribution in [0.25, 0.3) is 0 Å². The second-order valence-corrected chi connectivity index (χ2v) is 12.6. The van der Waals surface area contributed by atoms with E-state index >= 15 is 0 Å². The topological polar surface area (TPSA) is 0 Å². The third kappa shape index (κ3) is 7.14. The summed E-state index contributed by atoms with van der Waals surface area (Å²) in [5.74, 6) is 3.65. The summed E-state index contributed by atoms with van der Waals surface area (Å²) in [6.45, 7) is 28.9. The third-order valence-corrected chi connectivity index (χ3v) is 10.3. The van der Waals surface area contributed by atoms with Gasteiger partial charge < -0.3 is 0 Å². The molecule has 0 spiro atoms. The second kappa shape index (κ2) is 15.3. The van der Waals surface area contributed by atoms with Gasteiger partial charge in [0.25, 0.3) is 0 Å². The first-order valence-corrected chi connectivity index (χ1v) is 16.4. The molecule has 2 aromatic rings. The van der Waals surface area contributed by atoms with Crippen LogP contribution >= 0.6 is 0 Å². The van der Waals surface area contributed by atoms with E-state index in [2.05, 4.69) is 107 Å². The first-order chi connectivity index (χ1) is 18.1. The largest absolute Gasteiger partial charge is 0.0648 e. The van der Waals surface area contributed by atoms with Crippen LogP contribution in [0.15, 0.2) is 24.3 Å². The van der Waals surface area contributed by atoms with E-state index in [0.717, 1.165) is 0 Å². The van der Waals surface area contributed by atoms with Gasteiger partial charge in [-0.05, 0) is 131 Å². The number of hydrogen-bond acceptors (Lipinski definition) is 0. The van der Waals surface area contributed by atoms with Gasteiger partial charge in [0.05, 0.1) is 0 Å². The van der Waals surface area contributed by atoms with E-state index in [1.54, 1.807) is 44.5 Å². The number of rotatable bonds is 15. The molecule has 0 radical (unpaired) electrons. The lowest BCUT2D eigenvalue weighted by Crippen LogP contribution is -2.15. The first kappa shape index (κ1) is 32.7. The smallest absolute Gasteiger partial charge is 0.0187 e. The van der Waals surface area contributed by atoms with Crippen molar-refractivity contribution in [2.75, 3.05) is 0 Å². The number of benzene rings is 2. The lowest BCUT2D eigenvalue weighted by atomic mass is 9.75. The van der Waals surface area contributed by atoms with Gasteiger partial charge in [-0.1, -0.05) is 107 Å². The highest BCUT2D eigenvalue weighted by Crippen LogP contribution is 2.41. The summed E-state index contributed by atoms with van der Waals surface area (Å²) in [6.07, 6.45) is 9.57. The first-order valence-electron chi connectivity index (χ1n) is 16.4. The summed E-state index contributed by atoms with van der Waals surface area (Å²) in [7, 11) is 0. The van der Waals surface area contributed by atoms with Gasteiger partial charge in [0.2, 0.25) is 0 Å². The van der Waals surface area contributed by atoms with E-state index in [0.29, 0.717) is 35.5 Å². The van der Waals surface area contributed by atoms with Gasteiger partial charge in [0.1, 0.15) is 0 Å². The van der Waals surface area contributed by atoms with E-state index in [4.69, 9.17) is 0 Å². The molecule has 0 N–H and O–H groups in total. The minimum atomic E-state index is 0.604. The average molecular weight is 519 g/mol. The van der Waals surface area contributed by atoms with Crippen LogP contribution in [0.2, 0.25) is 0 Å². The van der Waals surface area contributed by atoms with Gasteiger partial charge in [-0.3, -0.25) is 0 Å². The van der Waals surface area contributed by atoms with Gasteiger partial charge in [0, 0.05) is 0 Å². The Morgan fingerprint density at radius 1 is 0.368 bits per heavy atom. The van der Waals surface area contributed by atoms with Crippen molar-refractivity contribution in [2.45, 2.75) is 170 Å². The van der Waals surface area contributed by atoms with Crippen molar-refractivity contribution in [1.82, 2.24) is 0 Å². The Kier molecular flexibility index (Phi) is 13.1. The van der Waals surface area contributed by atoms with Crippen LogP contribution in [0.3, 0.4) is 0 Å². The zero-order valence-corrected chi connectivity index (χ0v) is 27.4. The number of hydrogen-bond donors (Lipinski definition) is 0. The summed E-state index contributed by atoms with van der Waals surface area (Å²) in [5, 5.41) is 0. The summed E-state index contributed by atoms with van der Waals surface area (Å²) in [5.41, 5.74) is 13.2. The van der Waals surface area contributed by atoms with Gasteiger partial charge in [-0.25, -0.2) is 0 Å². The molecule has 0 bridgehead atoms. The quantitative estimate of drug-likeness (QED) is 0.220.